The second kappa shape index (κ2) is 7.24. The van der Waals surface area contributed by atoms with Gasteiger partial charge in [-0.2, -0.15) is 0 Å². The van der Waals surface area contributed by atoms with Crippen molar-refractivity contribution in [1.29, 1.82) is 0 Å². The summed E-state index contributed by atoms with van der Waals surface area (Å²) in [4.78, 5) is 22.6. The van der Waals surface area contributed by atoms with Crippen molar-refractivity contribution < 1.29 is 9.85 Å². The summed E-state index contributed by atoms with van der Waals surface area (Å²) in [5, 5.41) is 24.7. The van der Waals surface area contributed by atoms with E-state index in [4.69, 9.17) is 11.6 Å². The third-order valence-corrected chi connectivity index (χ3v) is 3.49. The van der Waals surface area contributed by atoms with Gasteiger partial charge >= 0.3 is 0 Å². The Balaban J connectivity index is 2.33. The van der Waals surface area contributed by atoms with Gasteiger partial charge in [-0.15, -0.1) is 0 Å². The third-order valence-electron chi connectivity index (χ3n) is 3.19. The summed E-state index contributed by atoms with van der Waals surface area (Å²) >= 11 is 5.84. The summed E-state index contributed by atoms with van der Waals surface area (Å²) in [5.41, 5.74) is 0.877. The molecule has 0 saturated carbocycles. The van der Waals surface area contributed by atoms with Crippen LogP contribution in [0.5, 0.6) is 0 Å². The zero-order valence-corrected chi connectivity index (χ0v) is 13.8. The Hall–Kier alpha value is -2.71. The molecule has 0 aliphatic carbocycles. The second-order valence-corrected chi connectivity index (χ2v) is 5.80. The van der Waals surface area contributed by atoms with Gasteiger partial charge in [-0.05, 0) is 37.9 Å². The molecule has 0 atom stereocenters. The summed E-state index contributed by atoms with van der Waals surface area (Å²) in [6, 6.07) is 9.37. The first-order valence-electron chi connectivity index (χ1n) is 6.91. The first-order valence-corrected chi connectivity index (χ1v) is 7.28. The molecule has 2 aromatic carbocycles. The van der Waals surface area contributed by atoms with Gasteiger partial charge in [0.15, 0.2) is 0 Å². The van der Waals surface area contributed by atoms with E-state index >= 15 is 0 Å². The lowest BCUT2D eigenvalue weighted by atomic mass is 10.2. The Bertz CT molecular complexity index is 778. The van der Waals surface area contributed by atoms with Gasteiger partial charge in [0, 0.05) is 12.2 Å². The quantitative estimate of drug-likeness (QED) is 0.625. The van der Waals surface area contributed by atoms with Gasteiger partial charge in [0.2, 0.25) is 0 Å². The van der Waals surface area contributed by atoms with Crippen LogP contribution in [0.25, 0.3) is 0 Å². The molecule has 1 N–H and O–H groups in total. The molecule has 0 saturated heterocycles. The molecule has 0 aliphatic heterocycles. The zero-order valence-electron chi connectivity index (χ0n) is 13.0. The fourth-order valence-corrected chi connectivity index (χ4v) is 2.39. The van der Waals surface area contributed by atoms with Crippen molar-refractivity contribution in [2.24, 2.45) is 0 Å². The van der Waals surface area contributed by atoms with E-state index < -0.39 is 21.2 Å². The minimum atomic E-state index is -0.755. The second-order valence-electron chi connectivity index (χ2n) is 5.39. The number of rotatable bonds is 6. The monoisotopic (exact) mass is 350 g/mol. The molecular weight excluding hydrogens is 336 g/mol. The van der Waals surface area contributed by atoms with Crippen molar-refractivity contribution in [3.63, 3.8) is 0 Å². The number of nitro groups is 2. The molecule has 9 heteroatoms. The van der Waals surface area contributed by atoms with Crippen LogP contribution in [0.4, 0.5) is 22.7 Å². The van der Waals surface area contributed by atoms with Gasteiger partial charge in [0.05, 0.1) is 15.9 Å². The molecule has 2 rings (SSSR count). The number of nitrogens with one attached hydrogen (secondary N) is 1. The third kappa shape index (κ3) is 4.18. The van der Waals surface area contributed by atoms with Gasteiger partial charge in [0.1, 0.15) is 10.7 Å². The van der Waals surface area contributed by atoms with Crippen LogP contribution in [0.1, 0.15) is 5.56 Å². The van der Waals surface area contributed by atoms with E-state index in [1.807, 2.05) is 31.1 Å². The van der Waals surface area contributed by atoms with Crippen LogP contribution in [0.2, 0.25) is 5.02 Å². The summed E-state index contributed by atoms with van der Waals surface area (Å²) < 4.78 is 0. The van der Waals surface area contributed by atoms with Crippen molar-refractivity contribution in [3.8, 4) is 0 Å². The SMILES string of the molecule is CN(C)Cc1ccc(Nc2cc(Cl)c([N+](=O)[O-])cc2[N+](=O)[O-])cc1. The predicted molar refractivity (Wildman–Crippen MR) is 91.9 cm³/mol. The van der Waals surface area contributed by atoms with Crippen LogP contribution in [0, 0.1) is 20.2 Å². The normalized spacial score (nSPS) is 10.7. The van der Waals surface area contributed by atoms with Gasteiger partial charge in [-0.25, -0.2) is 0 Å². The molecule has 126 valence electrons. The molecule has 0 aliphatic rings. The molecule has 8 nitrogen and oxygen atoms in total. The fraction of sp³-hybridized carbons (Fsp3) is 0.200. The number of anilines is 2. The maximum Gasteiger partial charge on any atom is 0.299 e. The Morgan fingerprint density at radius 2 is 1.62 bits per heavy atom. The van der Waals surface area contributed by atoms with Crippen molar-refractivity contribution in [2.75, 3.05) is 19.4 Å². The molecular formula is C15H15ClN4O4. The highest BCUT2D eigenvalue weighted by Crippen LogP contribution is 2.37. The van der Waals surface area contributed by atoms with Crippen molar-refractivity contribution in [2.45, 2.75) is 6.54 Å². The number of halogens is 1. The van der Waals surface area contributed by atoms with Gasteiger partial charge in [0.25, 0.3) is 11.4 Å². The van der Waals surface area contributed by atoms with Crippen LogP contribution in [0.15, 0.2) is 36.4 Å². The standard InChI is InChI=1S/C15H15ClN4O4/c1-18(2)9-10-3-5-11(6-4-10)17-13-7-12(16)14(19(21)22)8-15(13)20(23)24/h3-8,17H,9H2,1-2H3. The lowest BCUT2D eigenvalue weighted by molar-refractivity contribution is -0.393. The number of hydrogen-bond donors (Lipinski definition) is 1. The van der Waals surface area contributed by atoms with Crippen LogP contribution in [0.3, 0.4) is 0 Å². The number of benzene rings is 2. The topological polar surface area (TPSA) is 102 Å². The first kappa shape index (κ1) is 17.6. The largest absolute Gasteiger partial charge is 0.350 e. The van der Waals surface area contributed by atoms with Crippen LogP contribution in [-0.4, -0.2) is 28.8 Å². The van der Waals surface area contributed by atoms with E-state index in [2.05, 4.69) is 5.32 Å². The number of hydrogen-bond acceptors (Lipinski definition) is 6. The van der Waals surface area contributed by atoms with Crippen molar-refractivity contribution >= 4 is 34.4 Å². The highest BCUT2D eigenvalue weighted by atomic mass is 35.5. The molecule has 0 heterocycles. The highest BCUT2D eigenvalue weighted by molar-refractivity contribution is 6.33. The van der Waals surface area contributed by atoms with Gasteiger partial charge < -0.3 is 10.2 Å². The minimum absolute atomic E-state index is 0.0935. The Morgan fingerprint density at radius 1 is 1.04 bits per heavy atom. The fourth-order valence-electron chi connectivity index (χ4n) is 2.16. The van der Waals surface area contributed by atoms with Crippen LogP contribution in [-0.2, 0) is 6.54 Å². The highest BCUT2D eigenvalue weighted by Gasteiger charge is 2.23. The van der Waals surface area contributed by atoms with E-state index in [1.165, 1.54) is 6.07 Å². The van der Waals surface area contributed by atoms with E-state index in [0.29, 0.717) is 5.69 Å². The van der Waals surface area contributed by atoms with E-state index in [9.17, 15) is 20.2 Å². The minimum Gasteiger partial charge on any atom is -0.350 e. The average molecular weight is 351 g/mol. The zero-order chi connectivity index (χ0) is 17.9. The molecule has 0 radical (unpaired) electrons. The lowest BCUT2D eigenvalue weighted by Crippen LogP contribution is -2.10. The molecule has 0 spiro atoms. The van der Waals surface area contributed by atoms with Gasteiger partial charge in [-0.3, -0.25) is 20.2 Å². The van der Waals surface area contributed by atoms with E-state index in [0.717, 1.165) is 18.2 Å². The summed E-state index contributed by atoms with van der Waals surface area (Å²) in [5.74, 6) is 0. The van der Waals surface area contributed by atoms with Gasteiger partial charge in [-0.1, -0.05) is 23.7 Å². The predicted octanol–water partition coefficient (Wildman–Crippen LogP) is 3.96. The lowest BCUT2D eigenvalue weighted by Gasteiger charge is -2.11. The molecule has 0 amide bonds. The van der Waals surface area contributed by atoms with Crippen molar-refractivity contribution in [3.05, 3.63) is 67.2 Å². The number of nitrogens with zero attached hydrogens (tertiary/aromatic N) is 3. The maximum atomic E-state index is 11.2. The first-order chi connectivity index (χ1) is 11.3. The molecule has 24 heavy (non-hydrogen) atoms. The van der Waals surface area contributed by atoms with Crippen LogP contribution >= 0.6 is 11.6 Å². The Labute approximate surface area is 143 Å². The summed E-state index contributed by atoms with van der Waals surface area (Å²) in [6.07, 6.45) is 0. The molecule has 0 aromatic heterocycles. The number of nitro benzene ring substituents is 2. The molecule has 0 unspecified atom stereocenters. The van der Waals surface area contributed by atoms with Crippen LogP contribution < -0.4 is 5.32 Å². The molecule has 2 aromatic rings. The Morgan fingerprint density at radius 3 is 2.12 bits per heavy atom. The summed E-state index contributed by atoms with van der Waals surface area (Å²) in [7, 11) is 3.91. The average Bonchev–Trinajstić information content (AvgIpc) is 2.48. The van der Waals surface area contributed by atoms with E-state index in [1.54, 1.807) is 12.1 Å². The summed E-state index contributed by atoms with van der Waals surface area (Å²) in [6.45, 7) is 0.768. The molecule has 0 bridgehead atoms. The smallest absolute Gasteiger partial charge is 0.299 e. The molecule has 0 fully saturated rings. The van der Waals surface area contributed by atoms with E-state index in [-0.39, 0.29) is 10.7 Å². The van der Waals surface area contributed by atoms with Crippen molar-refractivity contribution in [1.82, 2.24) is 4.90 Å². The maximum absolute atomic E-state index is 11.2. The Kier molecular flexibility index (Phi) is 5.32.